The Bertz CT molecular complexity index is 529. The third-order valence-corrected chi connectivity index (χ3v) is 3.17. The lowest BCUT2D eigenvalue weighted by atomic mass is 9.92. The predicted molar refractivity (Wildman–Crippen MR) is 65.9 cm³/mol. The van der Waals surface area contributed by atoms with Crippen LogP contribution in [-0.4, -0.2) is 45.9 Å². The van der Waals surface area contributed by atoms with Crippen molar-refractivity contribution in [3.8, 4) is 0 Å². The van der Waals surface area contributed by atoms with Crippen molar-refractivity contribution in [1.82, 2.24) is 4.90 Å². The molecular formula is C13H13NO6. The highest BCUT2D eigenvalue weighted by Crippen LogP contribution is 2.23. The van der Waals surface area contributed by atoms with Gasteiger partial charge in [0.25, 0.3) is 0 Å². The van der Waals surface area contributed by atoms with E-state index in [2.05, 4.69) is 4.74 Å². The van der Waals surface area contributed by atoms with Gasteiger partial charge in [0.1, 0.15) is 6.04 Å². The first-order chi connectivity index (χ1) is 9.50. The third-order valence-electron chi connectivity index (χ3n) is 3.17. The average Bonchev–Trinajstić information content (AvgIpc) is 2.79. The number of nitrogens with zero attached hydrogens (tertiary/aromatic N) is 1. The van der Waals surface area contributed by atoms with Crippen LogP contribution >= 0.6 is 0 Å². The molecule has 20 heavy (non-hydrogen) atoms. The summed E-state index contributed by atoms with van der Waals surface area (Å²) in [6, 6.07) is 7.41. The maximum Gasteiger partial charge on any atom is 0.410 e. The normalized spacial score (nSPS) is 19.5. The highest BCUT2D eigenvalue weighted by atomic mass is 16.6. The number of esters is 1. The number of carbonyl (C=O) groups excluding carboxylic acids is 1. The van der Waals surface area contributed by atoms with Crippen molar-refractivity contribution in [2.75, 3.05) is 6.73 Å². The molecule has 106 valence electrons. The number of carboxylic acid groups (broad SMARTS) is 2. The topological polar surface area (TPSA) is 104 Å². The molecule has 0 spiro atoms. The number of hydrogen-bond donors (Lipinski definition) is 2. The molecule has 1 aliphatic heterocycles. The second-order valence-electron chi connectivity index (χ2n) is 4.42. The molecule has 2 atom stereocenters. The smallest absolute Gasteiger partial charge is 0.410 e. The molecule has 1 aromatic rings. The highest BCUT2D eigenvalue weighted by molar-refractivity contribution is 5.88. The standard InChI is InChI=1S/C13H13NO6/c15-11(16)9(6-8-4-2-1-3-5-8)10-12(17)20-7-14(10)13(18)19/h1-5,9-10H,6-7H2,(H,15,16)(H,18,19). The summed E-state index contributed by atoms with van der Waals surface area (Å²) in [4.78, 5) is 34.8. The Balaban J connectivity index is 2.26. The fraction of sp³-hybridized carbons (Fsp3) is 0.308. The van der Waals surface area contributed by atoms with Crippen LogP contribution in [0.5, 0.6) is 0 Å². The van der Waals surface area contributed by atoms with Gasteiger partial charge in [0, 0.05) is 0 Å². The van der Waals surface area contributed by atoms with E-state index in [0.717, 1.165) is 0 Å². The minimum atomic E-state index is -1.37. The Morgan fingerprint density at radius 2 is 1.95 bits per heavy atom. The molecule has 1 saturated heterocycles. The number of carbonyl (C=O) groups is 3. The Morgan fingerprint density at radius 1 is 1.30 bits per heavy atom. The van der Waals surface area contributed by atoms with Gasteiger partial charge in [0.05, 0.1) is 5.92 Å². The van der Waals surface area contributed by atoms with Crippen LogP contribution in [0.25, 0.3) is 0 Å². The molecule has 0 saturated carbocycles. The lowest BCUT2D eigenvalue weighted by Gasteiger charge is -2.22. The van der Waals surface area contributed by atoms with Gasteiger partial charge in [-0.05, 0) is 12.0 Å². The van der Waals surface area contributed by atoms with Crippen LogP contribution in [0.15, 0.2) is 30.3 Å². The van der Waals surface area contributed by atoms with Crippen LogP contribution in [0.2, 0.25) is 0 Å². The van der Waals surface area contributed by atoms with E-state index in [9.17, 15) is 19.5 Å². The maximum absolute atomic E-state index is 11.6. The lowest BCUT2D eigenvalue weighted by Crippen LogP contribution is -2.46. The molecule has 1 aliphatic rings. The summed E-state index contributed by atoms with van der Waals surface area (Å²) in [5, 5.41) is 18.3. The molecule has 1 fully saturated rings. The molecule has 0 radical (unpaired) electrons. The van der Waals surface area contributed by atoms with E-state index < -0.39 is 36.7 Å². The fourth-order valence-electron chi connectivity index (χ4n) is 2.18. The van der Waals surface area contributed by atoms with Crippen LogP contribution < -0.4 is 0 Å². The van der Waals surface area contributed by atoms with Crippen molar-refractivity contribution < 1.29 is 29.3 Å². The summed E-state index contributed by atoms with van der Waals surface area (Å²) >= 11 is 0. The number of aliphatic carboxylic acids is 1. The largest absolute Gasteiger partial charge is 0.481 e. The van der Waals surface area contributed by atoms with Gasteiger partial charge >= 0.3 is 18.0 Å². The van der Waals surface area contributed by atoms with E-state index in [-0.39, 0.29) is 6.42 Å². The summed E-state index contributed by atoms with van der Waals surface area (Å²) in [5.41, 5.74) is 0.713. The average molecular weight is 279 g/mol. The van der Waals surface area contributed by atoms with Crippen molar-refractivity contribution in [3.05, 3.63) is 35.9 Å². The van der Waals surface area contributed by atoms with Gasteiger partial charge < -0.3 is 14.9 Å². The van der Waals surface area contributed by atoms with Crippen molar-refractivity contribution in [3.63, 3.8) is 0 Å². The van der Waals surface area contributed by atoms with Gasteiger partial charge in [0.2, 0.25) is 0 Å². The second kappa shape index (κ2) is 5.60. The van der Waals surface area contributed by atoms with Crippen molar-refractivity contribution >= 4 is 18.0 Å². The zero-order valence-corrected chi connectivity index (χ0v) is 10.4. The molecule has 1 aromatic carbocycles. The number of carboxylic acids is 1. The molecule has 2 rings (SSSR count). The molecular weight excluding hydrogens is 266 g/mol. The van der Waals surface area contributed by atoms with E-state index in [1.807, 2.05) is 0 Å². The third kappa shape index (κ3) is 2.71. The minimum Gasteiger partial charge on any atom is -0.481 e. The van der Waals surface area contributed by atoms with E-state index in [1.54, 1.807) is 30.3 Å². The highest BCUT2D eigenvalue weighted by Gasteiger charge is 2.46. The van der Waals surface area contributed by atoms with Gasteiger partial charge in [-0.2, -0.15) is 0 Å². The van der Waals surface area contributed by atoms with E-state index in [0.29, 0.717) is 10.5 Å². The van der Waals surface area contributed by atoms with Gasteiger partial charge in [-0.25, -0.2) is 9.59 Å². The summed E-state index contributed by atoms with van der Waals surface area (Å²) in [6.45, 7) is -0.433. The molecule has 7 heteroatoms. The minimum absolute atomic E-state index is 0.0553. The first-order valence-electron chi connectivity index (χ1n) is 5.93. The number of ether oxygens (including phenoxy) is 1. The SMILES string of the molecule is O=C(O)C(Cc1ccccc1)C1C(=O)OCN1C(=O)O. The Kier molecular flexibility index (Phi) is 3.88. The summed E-state index contributed by atoms with van der Waals surface area (Å²) in [5.74, 6) is -3.23. The van der Waals surface area contributed by atoms with E-state index in [4.69, 9.17) is 5.11 Å². The molecule has 7 nitrogen and oxygen atoms in total. The zero-order valence-electron chi connectivity index (χ0n) is 10.4. The van der Waals surface area contributed by atoms with Crippen molar-refractivity contribution in [2.24, 2.45) is 5.92 Å². The van der Waals surface area contributed by atoms with Gasteiger partial charge in [-0.1, -0.05) is 30.3 Å². The molecule has 2 unspecified atom stereocenters. The summed E-state index contributed by atoms with van der Waals surface area (Å²) < 4.78 is 4.65. The van der Waals surface area contributed by atoms with Gasteiger partial charge in [-0.15, -0.1) is 0 Å². The number of benzene rings is 1. The predicted octanol–water partition coefficient (Wildman–Crippen LogP) is 0.793. The maximum atomic E-state index is 11.6. The molecule has 0 aliphatic carbocycles. The lowest BCUT2D eigenvalue weighted by molar-refractivity contribution is -0.149. The number of hydrogen-bond acceptors (Lipinski definition) is 4. The van der Waals surface area contributed by atoms with Crippen molar-refractivity contribution in [1.29, 1.82) is 0 Å². The van der Waals surface area contributed by atoms with Crippen LogP contribution in [0.3, 0.4) is 0 Å². The summed E-state index contributed by atoms with van der Waals surface area (Å²) in [6.07, 6.45) is -1.32. The quantitative estimate of drug-likeness (QED) is 0.790. The molecule has 2 N–H and O–H groups in total. The van der Waals surface area contributed by atoms with Crippen molar-refractivity contribution in [2.45, 2.75) is 12.5 Å². The monoisotopic (exact) mass is 279 g/mol. The Morgan fingerprint density at radius 3 is 2.50 bits per heavy atom. The summed E-state index contributed by atoms with van der Waals surface area (Å²) in [7, 11) is 0. The zero-order chi connectivity index (χ0) is 14.7. The van der Waals surface area contributed by atoms with Crippen LogP contribution in [0.4, 0.5) is 4.79 Å². The van der Waals surface area contributed by atoms with Crippen LogP contribution in [0, 0.1) is 5.92 Å². The fourth-order valence-corrected chi connectivity index (χ4v) is 2.18. The number of amides is 1. The van der Waals surface area contributed by atoms with Gasteiger partial charge in [-0.3, -0.25) is 9.69 Å². The second-order valence-corrected chi connectivity index (χ2v) is 4.42. The van der Waals surface area contributed by atoms with E-state index in [1.165, 1.54) is 0 Å². The number of cyclic esters (lactones) is 1. The molecule has 0 aromatic heterocycles. The molecule has 1 heterocycles. The first-order valence-corrected chi connectivity index (χ1v) is 5.93. The first kappa shape index (κ1) is 13.9. The molecule has 0 bridgehead atoms. The van der Waals surface area contributed by atoms with Gasteiger partial charge in [0.15, 0.2) is 6.73 Å². The Hall–Kier alpha value is -2.57. The Labute approximate surface area is 114 Å². The van der Waals surface area contributed by atoms with Crippen LogP contribution in [-0.2, 0) is 20.7 Å². The van der Waals surface area contributed by atoms with E-state index >= 15 is 0 Å². The number of rotatable bonds is 4. The molecule has 1 amide bonds. The van der Waals surface area contributed by atoms with Crippen LogP contribution in [0.1, 0.15) is 5.56 Å².